The van der Waals surface area contributed by atoms with E-state index in [0.29, 0.717) is 32.2 Å². The molecule has 1 saturated heterocycles. The van der Waals surface area contributed by atoms with E-state index >= 15 is 0 Å². The third kappa shape index (κ3) is 12.1. The number of nitrogens with one attached hydrogen (secondary N) is 2. The molecular formula is C39H65N5O6. The molecule has 5 atom stereocenters. The lowest BCUT2D eigenvalue weighted by molar-refractivity contribution is -0.157. The standard InChI is InChI=1S/C39H65N5O6/c1-24(2)29(18-28-10-11-31-27(7)23-44(34(31)19-28)14-9-15-48-8)20-33(41)35(50-39(47)37(26(5)6)43-36(45)22-40)21-32(25(3)4)38(46)42-30-12-16-49-17-13-30/h10-11,19,23-26,29-30,32-33,35,37H,9,12-18,20-22,40-41H2,1-8H3,(H,42,46)(H,43,45)/t29-,32-,33-,35-,37-/m0/s1. The first kappa shape index (κ1) is 41.4. The molecule has 2 aromatic rings. The lowest BCUT2D eigenvalue weighted by Crippen LogP contribution is -2.51. The summed E-state index contributed by atoms with van der Waals surface area (Å²) in [4.78, 5) is 39.6. The van der Waals surface area contributed by atoms with Crippen LogP contribution in [-0.4, -0.2) is 80.1 Å². The van der Waals surface area contributed by atoms with Crippen molar-refractivity contribution in [2.24, 2.45) is 41.1 Å². The Labute approximate surface area is 299 Å². The van der Waals surface area contributed by atoms with E-state index in [9.17, 15) is 14.4 Å². The molecule has 0 saturated carbocycles. The summed E-state index contributed by atoms with van der Waals surface area (Å²) >= 11 is 0. The van der Waals surface area contributed by atoms with Gasteiger partial charge in [0.2, 0.25) is 11.8 Å². The first-order valence-corrected chi connectivity index (χ1v) is 18.7. The van der Waals surface area contributed by atoms with E-state index in [0.717, 1.165) is 32.2 Å². The summed E-state index contributed by atoms with van der Waals surface area (Å²) in [5.74, 6) is -1.25. The smallest absolute Gasteiger partial charge is 0.329 e. The highest BCUT2D eigenvalue weighted by molar-refractivity contribution is 5.86. The fourth-order valence-electron chi connectivity index (χ4n) is 6.95. The van der Waals surface area contributed by atoms with E-state index in [1.807, 2.05) is 27.7 Å². The van der Waals surface area contributed by atoms with E-state index in [4.69, 9.17) is 25.7 Å². The quantitative estimate of drug-likeness (QED) is 0.116. The van der Waals surface area contributed by atoms with Crippen molar-refractivity contribution in [2.45, 2.75) is 118 Å². The van der Waals surface area contributed by atoms with E-state index in [1.54, 1.807) is 7.11 Å². The normalized spacial score (nSPS) is 17.1. The molecule has 1 aromatic heterocycles. The van der Waals surface area contributed by atoms with Crippen LogP contribution in [0.25, 0.3) is 10.9 Å². The topological polar surface area (TPSA) is 160 Å². The van der Waals surface area contributed by atoms with Crippen molar-refractivity contribution in [1.82, 2.24) is 15.2 Å². The second-order valence-corrected chi connectivity index (χ2v) is 15.3. The second kappa shape index (κ2) is 20.2. The van der Waals surface area contributed by atoms with Crippen molar-refractivity contribution < 1.29 is 28.6 Å². The number of fused-ring (bicyclic) bond motifs is 1. The predicted molar refractivity (Wildman–Crippen MR) is 198 cm³/mol. The number of aromatic nitrogens is 1. The number of nitrogens with two attached hydrogens (primary N) is 2. The predicted octanol–water partition coefficient (Wildman–Crippen LogP) is 4.49. The Balaban J connectivity index is 1.87. The summed E-state index contributed by atoms with van der Waals surface area (Å²) < 4.78 is 19.3. The molecular weight excluding hydrogens is 634 g/mol. The largest absolute Gasteiger partial charge is 0.459 e. The first-order chi connectivity index (χ1) is 23.7. The van der Waals surface area contributed by atoms with Crippen LogP contribution in [0.5, 0.6) is 0 Å². The zero-order chi connectivity index (χ0) is 37.0. The molecule has 0 radical (unpaired) electrons. The van der Waals surface area contributed by atoms with Crippen molar-refractivity contribution in [3.8, 4) is 0 Å². The molecule has 2 heterocycles. The van der Waals surface area contributed by atoms with Gasteiger partial charge in [0, 0.05) is 68.6 Å². The van der Waals surface area contributed by atoms with Crippen LogP contribution < -0.4 is 22.1 Å². The lowest BCUT2D eigenvalue weighted by atomic mass is 9.80. The van der Waals surface area contributed by atoms with Gasteiger partial charge in [-0.15, -0.1) is 0 Å². The number of carbonyl (C=O) groups is 3. The van der Waals surface area contributed by atoms with Gasteiger partial charge in [-0.3, -0.25) is 9.59 Å². The fourth-order valence-corrected chi connectivity index (χ4v) is 6.95. The number of hydrogen-bond acceptors (Lipinski definition) is 8. The van der Waals surface area contributed by atoms with Crippen molar-refractivity contribution in [3.63, 3.8) is 0 Å². The minimum absolute atomic E-state index is 0.0164. The molecule has 11 heteroatoms. The van der Waals surface area contributed by atoms with Crippen molar-refractivity contribution in [2.75, 3.05) is 33.5 Å². The minimum Gasteiger partial charge on any atom is -0.459 e. The van der Waals surface area contributed by atoms with E-state index in [-0.39, 0.29) is 42.7 Å². The average molecular weight is 700 g/mol. The van der Waals surface area contributed by atoms with Gasteiger partial charge in [0.1, 0.15) is 12.1 Å². The molecule has 1 aromatic carbocycles. The van der Waals surface area contributed by atoms with E-state index in [1.165, 1.54) is 22.0 Å². The molecule has 50 heavy (non-hydrogen) atoms. The second-order valence-electron chi connectivity index (χ2n) is 15.3. The highest BCUT2D eigenvalue weighted by Crippen LogP contribution is 2.30. The Hall–Kier alpha value is -2.99. The van der Waals surface area contributed by atoms with Crippen LogP contribution in [0.15, 0.2) is 24.4 Å². The molecule has 6 N–H and O–H groups in total. The van der Waals surface area contributed by atoms with Crippen molar-refractivity contribution in [1.29, 1.82) is 0 Å². The summed E-state index contributed by atoms with van der Waals surface area (Å²) in [5, 5.41) is 7.18. The summed E-state index contributed by atoms with van der Waals surface area (Å²) in [6, 6.07) is 5.33. The summed E-state index contributed by atoms with van der Waals surface area (Å²) in [7, 11) is 1.73. The number of ether oxygens (including phenoxy) is 3. The van der Waals surface area contributed by atoms with Gasteiger partial charge >= 0.3 is 5.97 Å². The van der Waals surface area contributed by atoms with Crippen LogP contribution in [0, 0.1) is 36.5 Å². The maximum Gasteiger partial charge on any atom is 0.329 e. The molecule has 0 spiro atoms. The molecule has 2 amide bonds. The molecule has 1 fully saturated rings. The number of amides is 2. The van der Waals surface area contributed by atoms with Gasteiger partial charge in [-0.1, -0.05) is 53.7 Å². The zero-order valence-electron chi connectivity index (χ0n) is 31.8. The maximum absolute atomic E-state index is 13.7. The lowest BCUT2D eigenvalue weighted by Gasteiger charge is -2.34. The van der Waals surface area contributed by atoms with E-state index in [2.05, 4.69) is 60.4 Å². The molecule has 0 aliphatic carbocycles. The number of hydrogen-bond donors (Lipinski definition) is 4. The van der Waals surface area contributed by atoms with Gasteiger partial charge in [-0.2, -0.15) is 0 Å². The average Bonchev–Trinajstić information content (AvgIpc) is 3.38. The number of aryl methyl sites for hydroxylation is 2. The highest BCUT2D eigenvalue weighted by Gasteiger charge is 2.36. The molecule has 1 aliphatic rings. The fraction of sp³-hybridized carbons (Fsp3) is 0.718. The zero-order valence-corrected chi connectivity index (χ0v) is 31.8. The molecule has 0 unspecified atom stereocenters. The van der Waals surface area contributed by atoms with Gasteiger partial charge in [0.05, 0.1) is 6.54 Å². The number of benzene rings is 1. The SMILES string of the molecule is COCCCn1cc(C)c2ccc(C[C@@H](C[C@H](N)[C@H](C[C@H](C(=O)NC3CCOCC3)C(C)C)OC(=O)[C@@H](NC(=O)CN)C(C)C)C(C)C)cc21. The minimum atomic E-state index is -0.884. The van der Waals surface area contributed by atoms with Crippen LogP contribution in [0.3, 0.4) is 0 Å². The van der Waals surface area contributed by atoms with Gasteiger partial charge in [-0.25, -0.2) is 4.79 Å². The highest BCUT2D eigenvalue weighted by atomic mass is 16.5. The van der Waals surface area contributed by atoms with E-state index < -0.39 is 36.0 Å². The molecule has 1 aliphatic heterocycles. The van der Waals surface area contributed by atoms with Crippen LogP contribution in [-0.2, 0) is 41.6 Å². The van der Waals surface area contributed by atoms with Crippen molar-refractivity contribution >= 4 is 28.7 Å². The number of nitrogens with zero attached hydrogens (tertiary/aromatic N) is 1. The number of carbonyl (C=O) groups excluding carboxylic acids is 3. The first-order valence-electron chi connectivity index (χ1n) is 18.7. The number of esters is 1. The number of rotatable bonds is 20. The molecule has 0 bridgehead atoms. The molecule has 3 rings (SSSR count). The van der Waals surface area contributed by atoms with Gasteiger partial charge < -0.3 is 40.9 Å². The monoisotopic (exact) mass is 699 g/mol. The van der Waals surface area contributed by atoms with Crippen molar-refractivity contribution in [3.05, 3.63) is 35.5 Å². The summed E-state index contributed by atoms with van der Waals surface area (Å²) in [6.45, 7) is 16.9. The van der Waals surface area contributed by atoms with Gasteiger partial charge in [-0.05, 0) is 86.3 Å². The van der Waals surface area contributed by atoms with Gasteiger partial charge in [0.25, 0.3) is 0 Å². The summed E-state index contributed by atoms with van der Waals surface area (Å²) in [6.07, 6.45) is 5.62. The van der Waals surface area contributed by atoms with Crippen LogP contribution >= 0.6 is 0 Å². The maximum atomic E-state index is 13.7. The Kier molecular flexibility index (Phi) is 16.7. The van der Waals surface area contributed by atoms with Crippen LogP contribution in [0.4, 0.5) is 0 Å². The molecule has 11 nitrogen and oxygen atoms in total. The number of methoxy groups -OCH3 is 1. The third-order valence-corrected chi connectivity index (χ3v) is 10.3. The van der Waals surface area contributed by atoms with Gasteiger partial charge in [0.15, 0.2) is 0 Å². The molecule has 282 valence electrons. The van der Waals surface area contributed by atoms with Crippen LogP contribution in [0.1, 0.15) is 84.8 Å². The Bertz CT molecular complexity index is 1370. The Morgan fingerprint density at radius 3 is 2.32 bits per heavy atom. The third-order valence-electron chi connectivity index (χ3n) is 10.3. The van der Waals surface area contributed by atoms with Crippen LogP contribution in [0.2, 0.25) is 0 Å². The Morgan fingerprint density at radius 2 is 1.72 bits per heavy atom. The Morgan fingerprint density at radius 1 is 1.02 bits per heavy atom. The summed E-state index contributed by atoms with van der Waals surface area (Å²) in [5.41, 5.74) is 16.3.